The smallest absolute Gasteiger partial charge is 0.460 e. The Morgan fingerprint density at radius 1 is 1.25 bits per heavy atom. The van der Waals surface area contributed by atoms with Gasteiger partial charge in [0.05, 0.1) is 10.9 Å². The minimum absolute atomic E-state index is 0.0184. The second-order valence-electron chi connectivity index (χ2n) is 4.99. The molecule has 0 bridgehead atoms. The molecule has 8 nitrogen and oxygen atoms in total. The normalized spacial score (nSPS) is 21.3. The van der Waals surface area contributed by atoms with Crippen LogP contribution in [0.4, 0.5) is 0 Å². The molecule has 2 atom stereocenters. The van der Waals surface area contributed by atoms with Gasteiger partial charge in [-0.25, -0.2) is 17.9 Å². The van der Waals surface area contributed by atoms with Crippen LogP contribution in [0.2, 0.25) is 0 Å². The van der Waals surface area contributed by atoms with Gasteiger partial charge in [0.15, 0.2) is 6.54 Å². The Hall–Kier alpha value is -1.31. The highest BCUT2D eigenvalue weighted by molar-refractivity contribution is 14.1. The molecule has 0 aromatic heterocycles. The van der Waals surface area contributed by atoms with Crippen molar-refractivity contribution >= 4 is 49.1 Å². The molecule has 1 aliphatic rings. The van der Waals surface area contributed by atoms with E-state index >= 15 is 0 Å². The summed E-state index contributed by atoms with van der Waals surface area (Å²) in [5, 5.41) is 9.38. The highest BCUT2D eigenvalue weighted by Crippen LogP contribution is 2.16. The topological polar surface area (TPSA) is 121 Å². The van der Waals surface area contributed by atoms with Gasteiger partial charge in [-0.1, -0.05) is 10.0 Å². The van der Waals surface area contributed by atoms with Crippen molar-refractivity contribution in [3.63, 3.8) is 0 Å². The van der Waals surface area contributed by atoms with Gasteiger partial charge in [0.2, 0.25) is 10.0 Å². The number of benzene rings is 1. The van der Waals surface area contributed by atoms with Crippen LogP contribution >= 0.6 is 22.6 Å². The lowest BCUT2D eigenvalue weighted by Gasteiger charge is -2.18. The third-order valence-corrected chi connectivity index (χ3v) is 6.39. The van der Waals surface area contributed by atoms with Crippen molar-refractivity contribution in [3.05, 3.63) is 40.0 Å². The lowest BCUT2D eigenvalue weighted by atomic mass is 10.1. The largest absolute Gasteiger partial charge is 0.476 e. The van der Waals surface area contributed by atoms with Gasteiger partial charge in [-0.2, -0.15) is 0 Å². The van der Waals surface area contributed by atoms with Crippen molar-refractivity contribution in [2.45, 2.75) is 23.4 Å². The van der Waals surface area contributed by atoms with E-state index in [4.69, 9.17) is 0 Å². The number of hydrogen-bond acceptors (Lipinski definition) is 5. The fourth-order valence-electron chi connectivity index (χ4n) is 2.31. The summed E-state index contributed by atoms with van der Waals surface area (Å²) in [6.07, 6.45) is 3.11. The van der Waals surface area contributed by atoms with Crippen molar-refractivity contribution in [3.8, 4) is 0 Å². The van der Waals surface area contributed by atoms with Gasteiger partial charge in [-0.05, 0) is 59.4 Å². The monoisotopic (exact) mass is 485 g/mol. The molecule has 1 aromatic carbocycles. The first-order chi connectivity index (χ1) is 11.2. The van der Waals surface area contributed by atoms with E-state index in [1.165, 1.54) is 18.2 Å². The molecule has 1 heterocycles. The first-order valence-corrected chi connectivity index (χ1v) is 10.3. The van der Waals surface area contributed by atoms with Crippen LogP contribution in [0, 0.1) is 3.57 Å². The molecule has 0 spiro atoms. The Kier molecular flexibility index (Phi) is 6.11. The molecule has 2 rings (SSSR count). The van der Waals surface area contributed by atoms with E-state index in [0.717, 1.165) is 3.57 Å². The summed E-state index contributed by atoms with van der Waals surface area (Å²) in [6.45, 7) is -0.130. The molecule has 1 aliphatic heterocycles. The second-order valence-corrected chi connectivity index (χ2v) is 8.85. The van der Waals surface area contributed by atoms with Gasteiger partial charge in [0.25, 0.3) is 6.04 Å². The summed E-state index contributed by atoms with van der Waals surface area (Å²) in [5.41, 5.74) is 0. The predicted molar refractivity (Wildman–Crippen MR) is 92.5 cm³/mol. The number of aliphatic carboxylic acids is 1. The molecule has 0 fully saturated rings. The molecular weight excluding hydrogens is 471 g/mol. The van der Waals surface area contributed by atoms with Gasteiger partial charge >= 0.3 is 16.5 Å². The predicted octanol–water partition coefficient (Wildman–Crippen LogP) is 0.426. The Bertz CT molecular complexity index is 898. The van der Waals surface area contributed by atoms with Gasteiger partial charge in [0.1, 0.15) is 0 Å². The zero-order valence-corrected chi connectivity index (χ0v) is 16.0. The highest BCUT2D eigenvalue weighted by Gasteiger charge is 2.42. The zero-order valence-electron chi connectivity index (χ0n) is 12.2. The van der Waals surface area contributed by atoms with E-state index in [-0.39, 0.29) is 17.9 Å². The van der Waals surface area contributed by atoms with E-state index in [9.17, 15) is 26.7 Å². The number of carboxylic acids is 1. The van der Waals surface area contributed by atoms with Crippen LogP contribution < -0.4 is 4.72 Å². The molecule has 0 aliphatic carbocycles. The number of rotatable bonds is 4. The highest BCUT2D eigenvalue weighted by atomic mass is 127. The molecule has 1 aromatic rings. The average Bonchev–Trinajstić information content (AvgIpc) is 2.69. The van der Waals surface area contributed by atoms with Crippen LogP contribution in [0.5, 0.6) is 0 Å². The van der Waals surface area contributed by atoms with E-state index in [1.54, 1.807) is 18.2 Å². The van der Waals surface area contributed by atoms with Crippen molar-refractivity contribution < 1.29 is 30.7 Å². The Labute approximate surface area is 154 Å². The Morgan fingerprint density at radius 3 is 2.42 bits per heavy atom. The minimum atomic E-state index is -3.99. The maximum atomic E-state index is 12.5. The molecule has 24 heavy (non-hydrogen) atoms. The number of halogens is 1. The number of nitrogens with zero attached hydrogens (tertiary/aromatic N) is 1. The van der Waals surface area contributed by atoms with Gasteiger partial charge in [-0.3, -0.25) is 0 Å². The molecule has 0 radical (unpaired) electrons. The number of carbonyl (C=O) groups is 1. The fourth-order valence-corrected chi connectivity index (χ4v) is 4.55. The van der Waals surface area contributed by atoms with Crippen LogP contribution in [-0.4, -0.2) is 50.5 Å². The molecule has 0 saturated heterocycles. The Balaban J connectivity index is 2.41. The zero-order chi connectivity index (χ0) is 17.9. The third-order valence-electron chi connectivity index (χ3n) is 3.41. The van der Waals surface area contributed by atoms with Crippen molar-refractivity contribution in [1.82, 2.24) is 4.72 Å². The maximum Gasteiger partial charge on any atom is 0.460 e. The van der Waals surface area contributed by atoms with E-state index in [2.05, 4.69) is 4.72 Å². The van der Waals surface area contributed by atoms with Gasteiger partial charge in [0, 0.05) is 3.57 Å². The van der Waals surface area contributed by atoms with Crippen LogP contribution in [0.1, 0.15) is 6.42 Å². The lowest BCUT2D eigenvalue weighted by Crippen LogP contribution is -2.51. The molecule has 130 valence electrons. The van der Waals surface area contributed by atoms with Gasteiger partial charge < -0.3 is 5.11 Å². The summed E-state index contributed by atoms with van der Waals surface area (Å²) in [5.74, 6) is -1.42. The SMILES string of the molecule is O=C(O)C1C(NS(=O)(=O)c2ccc(I)cc2)CC=CC[N+]1=S(=O)=O. The summed E-state index contributed by atoms with van der Waals surface area (Å²) in [4.78, 5) is 11.5. The number of carboxylic acid groups (broad SMARTS) is 1. The summed E-state index contributed by atoms with van der Waals surface area (Å²) >= 11 is 2.03. The van der Waals surface area contributed by atoms with Crippen LogP contribution in [0.25, 0.3) is 0 Å². The Morgan fingerprint density at radius 2 is 1.88 bits per heavy atom. The molecule has 2 N–H and O–H groups in total. The van der Waals surface area contributed by atoms with E-state index in [0.29, 0.717) is 3.95 Å². The number of hydrogen-bond donors (Lipinski definition) is 2. The molecule has 11 heteroatoms. The average molecular weight is 485 g/mol. The molecule has 0 amide bonds. The first kappa shape index (κ1) is 19.0. The number of sulfonamides is 1. The molecule has 0 saturated carbocycles. The minimum Gasteiger partial charge on any atom is -0.476 e. The van der Waals surface area contributed by atoms with Crippen molar-refractivity contribution in [2.24, 2.45) is 0 Å². The van der Waals surface area contributed by atoms with Gasteiger partial charge in [-0.15, -0.1) is 8.42 Å². The summed E-state index contributed by atoms with van der Waals surface area (Å²) in [6, 6.07) is 3.36. The molecule has 2 unspecified atom stereocenters. The van der Waals surface area contributed by atoms with Crippen LogP contribution in [0.3, 0.4) is 0 Å². The lowest BCUT2D eigenvalue weighted by molar-refractivity contribution is -0.524. The fraction of sp³-hybridized carbons (Fsp3) is 0.308. The van der Waals surface area contributed by atoms with E-state index in [1.807, 2.05) is 22.6 Å². The summed E-state index contributed by atoms with van der Waals surface area (Å²) < 4.78 is 51.4. The van der Waals surface area contributed by atoms with Crippen molar-refractivity contribution in [2.75, 3.05) is 6.54 Å². The standard InChI is InChI=1S/C13H13IN2O6S2/c14-9-4-6-10(7-5-9)24(21,22)15-11-3-1-2-8-16(23(19)20)12(11)13(17)18/h1-2,4-7,11-12,15H,3,8H2/p+1. The second kappa shape index (κ2) is 7.72. The first-order valence-electron chi connectivity index (χ1n) is 6.74. The molecular formula is C13H14IN2O6S2+. The summed E-state index contributed by atoms with van der Waals surface area (Å²) in [7, 11) is -6.78. The van der Waals surface area contributed by atoms with E-state index < -0.39 is 38.6 Å². The van der Waals surface area contributed by atoms with Crippen LogP contribution in [0.15, 0.2) is 41.3 Å². The van der Waals surface area contributed by atoms with Crippen LogP contribution in [-0.2, 0) is 25.3 Å². The van der Waals surface area contributed by atoms with Crippen molar-refractivity contribution in [1.29, 1.82) is 0 Å². The quantitative estimate of drug-likeness (QED) is 0.363. The maximum absolute atomic E-state index is 12.5. The number of nitrogens with one attached hydrogen (secondary N) is 1. The third kappa shape index (κ3) is 4.40.